The Hall–Kier alpha value is -1.58. The van der Waals surface area contributed by atoms with Gasteiger partial charge in [0.1, 0.15) is 5.75 Å². The number of halogens is 1. The Bertz CT molecular complexity index is 573. The van der Waals surface area contributed by atoms with Crippen LogP contribution in [0.2, 0.25) is 5.02 Å². The first-order valence-electron chi connectivity index (χ1n) is 6.06. The Morgan fingerprint density at radius 3 is 2.42 bits per heavy atom. The van der Waals surface area contributed by atoms with Gasteiger partial charge in [-0.15, -0.1) is 0 Å². The van der Waals surface area contributed by atoms with Crippen molar-refractivity contribution >= 4 is 11.6 Å². The topological polar surface area (TPSA) is 42.4 Å². The van der Waals surface area contributed by atoms with Crippen LogP contribution in [0.3, 0.4) is 0 Å². The van der Waals surface area contributed by atoms with Crippen LogP contribution in [0.25, 0.3) is 0 Å². The molecule has 1 aromatic heterocycles. The maximum Gasteiger partial charge on any atom is 0.219 e. The van der Waals surface area contributed by atoms with E-state index in [1.807, 2.05) is 26.0 Å². The summed E-state index contributed by atoms with van der Waals surface area (Å²) < 4.78 is 5.70. The number of aliphatic hydroxyl groups excluding tert-OH is 1. The summed E-state index contributed by atoms with van der Waals surface area (Å²) in [4.78, 5) is 4.13. The quantitative estimate of drug-likeness (QED) is 0.914. The predicted octanol–water partition coefficient (Wildman–Crippen LogP) is 4.20. The summed E-state index contributed by atoms with van der Waals surface area (Å²) in [5.41, 5.74) is 2.69. The number of hydrogen-bond donors (Lipinski definition) is 1. The van der Waals surface area contributed by atoms with Crippen LogP contribution in [0.4, 0.5) is 0 Å². The Morgan fingerprint density at radius 2 is 1.84 bits per heavy atom. The minimum absolute atomic E-state index is 0.458. The molecule has 0 saturated heterocycles. The van der Waals surface area contributed by atoms with Crippen molar-refractivity contribution in [2.75, 3.05) is 0 Å². The lowest BCUT2D eigenvalue weighted by Crippen LogP contribution is -1.95. The molecule has 2 rings (SSSR count). The highest BCUT2D eigenvalue weighted by Crippen LogP contribution is 2.29. The van der Waals surface area contributed by atoms with Crippen LogP contribution in [-0.4, -0.2) is 10.1 Å². The smallest absolute Gasteiger partial charge is 0.219 e. The normalized spacial score (nSPS) is 12.3. The molecule has 3 nitrogen and oxygen atoms in total. The van der Waals surface area contributed by atoms with Gasteiger partial charge in [-0.05, 0) is 55.7 Å². The number of aromatic nitrogens is 1. The van der Waals surface area contributed by atoms with E-state index in [0.717, 1.165) is 21.7 Å². The van der Waals surface area contributed by atoms with Crippen LogP contribution in [0, 0.1) is 13.8 Å². The Balaban J connectivity index is 2.28. The number of benzene rings is 1. The molecule has 0 saturated carbocycles. The highest BCUT2D eigenvalue weighted by molar-refractivity contribution is 6.32. The number of rotatable bonds is 3. The summed E-state index contributed by atoms with van der Waals surface area (Å²) in [5.74, 6) is 1.15. The van der Waals surface area contributed by atoms with Gasteiger partial charge in [-0.25, -0.2) is 4.98 Å². The molecule has 0 bridgehead atoms. The molecule has 0 aliphatic rings. The van der Waals surface area contributed by atoms with Gasteiger partial charge in [0.15, 0.2) is 0 Å². The van der Waals surface area contributed by atoms with Crippen molar-refractivity contribution < 1.29 is 9.84 Å². The van der Waals surface area contributed by atoms with Crippen LogP contribution in [0.15, 0.2) is 30.5 Å². The van der Waals surface area contributed by atoms with Crippen molar-refractivity contribution in [2.24, 2.45) is 0 Å². The molecule has 1 atom stereocenters. The van der Waals surface area contributed by atoms with Gasteiger partial charge in [-0.2, -0.15) is 0 Å². The number of pyridine rings is 1. The van der Waals surface area contributed by atoms with Crippen LogP contribution >= 0.6 is 11.6 Å². The van der Waals surface area contributed by atoms with Gasteiger partial charge >= 0.3 is 0 Å². The zero-order valence-electron chi connectivity index (χ0n) is 11.1. The molecule has 19 heavy (non-hydrogen) atoms. The first-order valence-corrected chi connectivity index (χ1v) is 6.44. The SMILES string of the molecule is Cc1cc(Oc2cc(C(C)O)ccn2)cc(C)c1Cl. The number of aryl methyl sites for hydroxylation is 2. The van der Waals surface area contributed by atoms with Crippen LogP contribution in [0.1, 0.15) is 29.7 Å². The van der Waals surface area contributed by atoms with E-state index < -0.39 is 6.10 Å². The van der Waals surface area contributed by atoms with Gasteiger partial charge in [-0.3, -0.25) is 0 Å². The minimum Gasteiger partial charge on any atom is -0.439 e. The van der Waals surface area contributed by atoms with Gasteiger partial charge in [-0.1, -0.05) is 11.6 Å². The van der Waals surface area contributed by atoms with E-state index in [0.29, 0.717) is 11.6 Å². The summed E-state index contributed by atoms with van der Waals surface area (Å²) in [5, 5.41) is 10.3. The first kappa shape index (κ1) is 13.8. The molecule has 1 N–H and O–H groups in total. The molecule has 1 aromatic carbocycles. The largest absolute Gasteiger partial charge is 0.439 e. The van der Waals surface area contributed by atoms with E-state index in [9.17, 15) is 5.11 Å². The maximum absolute atomic E-state index is 9.54. The molecule has 1 unspecified atom stereocenters. The molecule has 4 heteroatoms. The lowest BCUT2D eigenvalue weighted by molar-refractivity contribution is 0.198. The average molecular weight is 278 g/mol. The molecule has 0 spiro atoms. The van der Waals surface area contributed by atoms with Crippen molar-refractivity contribution in [3.8, 4) is 11.6 Å². The highest BCUT2D eigenvalue weighted by Gasteiger charge is 2.07. The molecular weight excluding hydrogens is 262 g/mol. The molecule has 2 aromatic rings. The number of ether oxygens (including phenoxy) is 1. The lowest BCUT2D eigenvalue weighted by atomic mass is 10.1. The van der Waals surface area contributed by atoms with E-state index in [1.165, 1.54) is 0 Å². The van der Waals surface area contributed by atoms with Crippen molar-refractivity contribution in [3.05, 3.63) is 52.2 Å². The average Bonchev–Trinajstić information content (AvgIpc) is 2.36. The number of hydrogen-bond acceptors (Lipinski definition) is 3. The summed E-state index contributed by atoms with van der Waals surface area (Å²) in [6, 6.07) is 7.22. The fourth-order valence-electron chi connectivity index (χ4n) is 1.83. The van der Waals surface area contributed by atoms with E-state index >= 15 is 0 Å². The Kier molecular flexibility index (Phi) is 4.08. The van der Waals surface area contributed by atoms with Gasteiger partial charge in [0, 0.05) is 17.3 Å². The summed E-state index contributed by atoms with van der Waals surface area (Å²) >= 11 is 6.12. The van der Waals surface area contributed by atoms with Crippen LogP contribution < -0.4 is 4.74 Å². The van der Waals surface area contributed by atoms with Gasteiger partial charge in [0.2, 0.25) is 5.88 Å². The van der Waals surface area contributed by atoms with Crippen molar-refractivity contribution in [2.45, 2.75) is 26.9 Å². The zero-order chi connectivity index (χ0) is 14.0. The second-order valence-electron chi connectivity index (χ2n) is 4.58. The molecule has 0 fully saturated rings. The third-order valence-corrected chi connectivity index (χ3v) is 3.47. The third kappa shape index (κ3) is 3.25. The van der Waals surface area contributed by atoms with Crippen LogP contribution in [-0.2, 0) is 0 Å². The van der Waals surface area contributed by atoms with Gasteiger partial charge in [0.05, 0.1) is 6.10 Å². The zero-order valence-corrected chi connectivity index (χ0v) is 11.9. The fraction of sp³-hybridized carbons (Fsp3) is 0.267. The Labute approximate surface area is 117 Å². The number of aliphatic hydroxyl groups is 1. The first-order chi connectivity index (χ1) is 8.97. The predicted molar refractivity (Wildman–Crippen MR) is 75.9 cm³/mol. The fourth-order valence-corrected chi connectivity index (χ4v) is 1.94. The highest BCUT2D eigenvalue weighted by atomic mass is 35.5. The summed E-state index contributed by atoms with van der Waals surface area (Å²) in [6.45, 7) is 5.57. The standard InChI is InChI=1S/C15H16ClNO2/c1-9-6-13(7-10(2)15(9)16)19-14-8-12(11(3)18)4-5-17-14/h4-8,11,18H,1-3H3. The third-order valence-electron chi connectivity index (χ3n) is 2.87. The second-order valence-corrected chi connectivity index (χ2v) is 4.95. The summed E-state index contributed by atoms with van der Waals surface area (Å²) in [7, 11) is 0. The maximum atomic E-state index is 9.54. The molecule has 0 amide bonds. The molecule has 0 radical (unpaired) electrons. The van der Waals surface area contributed by atoms with E-state index in [4.69, 9.17) is 16.3 Å². The van der Waals surface area contributed by atoms with Crippen molar-refractivity contribution in [1.29, 1.82) is 0 Å². The Morgan fingerprint density at radius 1 is 1.21 bits per heavy atom. The van der Waals surface area contributed by atoms with Crippen LogP contribution in [0.5, 0.6) is 11.6 Å². The van der Waals surface area contributed by atoms with Crippen molar-refractivity contribution in [3.63, 3.8) is 0 Å². The van der Waals surface area contributed by atoms with Gasteiger partial charge < -0.3 is 9.84 Å². The molecule has 100 valence electrons. The molecule has 0 aliphatic heterocycles. The second kappa shape index (κ2) is 5.59. The minimum atomic E-state index is -0.543. The molecule has 0 aliphatic carbocycles. The van der Waals surface area contributed by atoms with Gasteiger partial charge in [0.25, 0.3) is 0 Å². The monoisotopic (exact) mass is 277 g/mol. The molecular formula is C15H16ClNO2. The summed E-state index contributed by atoms with van der Waals surface area (Å²) in [6.07, 6.45) is 1.08. The molecule has 1 heterocycles. The number of nitrogens with zero attached hydrogens (tertiary/aromatic N) is 1. The van der Waals surface area contributed by atoms with E-state index in [2.05, 4.69) is 4.98 Å². The van der Waals surface area contributed by atoms with Crippen molar-refractivity contribution in [1.82, 2.24) is 4.98 Å². The lowest BCUT2D eigenvalue weighted by Gasteiger charge is -2.10. The van der Waals surface area contributed by atoms with E-state index in [1.54, 1.807) is 25.3 Å². The van der Waals surface area contributed by atoms with E-state index in [-0.39, 0.29) is 0 Å².